The van der Waals surface area contributed by atoms with E-state index >= 15 is 0 Å². The smallest absolute Gasteiger partial charge is 0.119 e. The van der Waals surface area contributed by atoms with Crippen molar-refractivity contribution in [1.82, 2.24) is 0 Å². The first-order chi connectivity index (χ1) is 8.24. The van der Waals surface area contributed by atoms with Crippen LogP contribution >= 0.6 is 22.9 Å². The van der Waals surface area contributed by atoms with Crippen LogP contribution < -0.4 is 4.74 Å². The molecule has 1 aromatic carbocycles. The third kappa shape index (κ3) is 4.04. The lowest BCUT2D eigenvalue weighted by Crippen LogP contribution is -2.19. The molecule has 1 aromatic heterocycles. The highest BCUT2D eigenvalue weighted by Gasteiger charge is 2.07. The van der Waals surface area contributed by atoms with E-state index in [2.05, 4.69) is 0 Å². The van der Waals surface area contributed by atoms with Gasteiger partial charge in [0.1, 0.15) is 12.4 Å². The normalized spacial score (nSPS) is 12.4. The Morgan fingerprint density at radius 1 is 1.24 bits per heavy atom. The summed E-state index contributed by atoms with van der Waals surface area (Å²) >= 11 is 7.41. The van der Waals surface area contributed by atoms with Crippen molar-refractivity contribution in [3.8, 4) is 5.75 Å². The summed E-state index contributed by atoms with van der Waals surface area (Å²) in [7, 11) is 0. The van der Waals surface area contributed by atoms with Crippen LogP contribution in [-0.2, 0) is 6.42 Å². The second-order valence-corrected chi connectivity index (χ2v) is 5.17. The molecule has 0 spiro atoms. The highest BCUT2D eigenvalue weighted by Crippen LogP contribution is 2.16. The van der Waals surface area contributed by atoms with Crippen molar-refractivity contribution in [2.45, 2.75) is 12.5 Å². The van der Waals surface area contributed by atoms with Gasteiger partial charge in [-0.05, 0) is 35.7 Å². The molecule has 1 atom stereocenters. The number of ether oxygens (including phenoxy) is 1. The Morgan fingerprint density at radius 3 is 2.65 bits per heavy atom. The van der Waals surface area contributed by atoms with Crippen LogP contribution in [0.4, 0.5) is 0 Å². The second kappa shape index (κ2) is 6.05. The van der Waals surface area contributed by atoms with Crippen LogP contribution in [0.15, 0.2) is 41.8 Å². The van der Waals surface area contributed by atoms with Gasteiger partial charge in [0.05, 0.1) is 6.10 Å². The molecule has 0 aliphatic carbocycles. The fourth-order valence-corrected chi connectivity index (χ4v) is 2.35. The van der Waals surface area contributed by atoms with Gasteiger partial charge >= 0.3 is 0 Å². The van der Waals surface area contributed by atoms with Crippen molar-refractivity contribution in [2.24, 2.45) is 0 Å². The zero-order valence-corrected chi connectivity index (χ0v) is 10.7. The van der Waals surface area contributed by atoms with E-state index < -0.39 is 6.10 Å². The first kappa shape index (κ1) is 12.4. The summed E-state index contributed by atoms with van der Waals surface area (Å²) in [5.41, 5.74) is 0. The maximum absolute atomic E-state index is 9.79. The molecule has 90 valence electrons. The average Bonchev–Trinajstić information content (AvgIpc) is 2.81. The molecule has 2 nitrogen and oxygen atoms in total. The summed E-state index contributed by atoms with van der Waals surface area (Å²) in [6, 6.07) is 11.1. The maximum atomic E-state index is 9.79. The fraction of sp³-hybridized carbons (Fsp3) is 0.231. The van der Waals surface area contributed by atoms with Gasteiger partial charge in [-0.2, -0.15) is 0 Å². The zero-order chi connectivity index (χ0) is 12.1. The van der Waals surface area contributed by atoms with E-state index in [1.165, 1.54) is 0 Å². The van der Waals surface area contributed by atoms with E-state index in [1.54, 1.807) is 35.6 Å². The Hall–Kier alpha value is -1.03. The minimum absolute atomic E-state index is 0.291. The Labute approximate surface area is 109 Å². The van der Waals surface area contributed by atoms with E-state index in [4.69, 9.17) is 16.3 Å². The molecular formula is C13H13ClO2S. The molecule has 17 heavy (non-hydrogen) atoms. The SMILES string of the molecule is OC(COc1ccc(Cl)cc1)Cc1cccs1. The van der Waals surface area contributed by atoms with E-state index in [9.17, 15) is 5.11 Å². The Balaban J connectivity index is 1.79. The monoisotopic (exact) mass is 268 g/mol. The van der Waals surface area contributed by atoms with Crippen LogP contribution in [0.2, 0.25) is 5.02 Å². The van der Waals surface area contributed by atoms with Gasteiger partial charge in [0.15, 0.2) is 0 Å². The van der Waals surface area contributed by atoms with Gasteiger partial charge in [-0.15, -0.1) is 11.3 Å². The standard InChI is InChI=1S/C13H13ClO2S/c14-10-3-5-12(6-4-10)16-9-11(15)8-13-2-1-7-17-13/h1-7,11,15H,8-9H2. The molecule has 0 saturated heterocycles. The molecular weight excluding hydrogens is 256 g/mol. The first-order valence-corrected chi connectivity index (χ1v) is 6.58. The zero-order valence-electron chi connectivity index (χ0n) is 9.17. The van der Waals surface area contributed by atoms with Gasteiger partial charge in [0, 0.05) is 16.3 Å². The van der Waals surface area contributed by atoms with Crippen LogP contribution in [0.25, 0.3) is 0 Å². The highest BCUT2D eigenvalue weighted by atomic mass is 35.5. The van der Waals surface area contributed by atoms with Crippen LogP contribution in [0.5, 0.6) is 5.75 Å². The lowest BCUT2D eigenvalue weighted by atomic mass is 10.2. The lowest BCUT2D eigenvalue weighted by molar-refractivity contribution is 0.108. The molecule has 1 heterocycles. The summed E-state index contributed by atoms with van der Waals surface area (Å²) in [4.78, 5) is 1.16. The number of benzene rings is 1. The predicted molar refractivity (Wildman–Crippen MR) is 71.0 cm³/mol. The minimum Gasteiger partial charge on any atom is -0.491 e. The van der Waals surface area contributed by atoms with Crippen molar-refractivity contribution in [3.63, 3.8) is 0 Å². The Morgan fingerprint density at radius 2 is 2.00 bits per heavy atom. The second-order valence-electron chi connectivity index (χ2n) is 3.70. The maximum Gasteiger partial charge on any atom is 0.119 e. The lowest BCUT2D eigenvalue weighted by Gasteiger charge is -2.11. The number of hydrogen-bond donors (Lipinski definition) is 1. The molecule has 4 heteroatoms. The van der Waals surface area contributed by atoms with E-state index in [1.807, 2.05) is 17.5 Å². The molecule has 1 unspecified atom stereocenters. The molecule has 0 radical (unpaired) electrons. The Kier molecular flexibility index (Phi) is 4.42. The van der Waals surface area contributed by atoms with Gasteiger partial charge in [-0.3, -0.25) is 0 Å². The summed E-state index contributed by atoms with van der Waals surface area (Å²) < 4.78 is 5.47. The number of aliphatic hydroxyl groups excluding tert-OH is 1. The van der Waals surface area contributed by atoms with Crippen LogP contribution in [0.1, 0.15) is 4.88 Å². The largest absolute Gasteiger partial charge is 0.491 e. The minimum atomic E-state index is -0.482. The predicted octanol–water partition coefficient (Wildman–Crippen LogP) is 3.38. The number of thiophene rings is 1. The summed E-state index contributed by atoms with van der Waals surface area (Å²) in [6.45, 7) is 0.291. The van der Waals surface area contributed by atoms with Crippen molar-refractivity contribution in [2.75, 3.05) is 6.61 Å². The molecule has 0 fully saturated rings. The molecule has 0 amide bonds. The van der Waals surface area contributed by atoms with Crippen LogP contribution in [-0.4, -0.2) is 17.8 Å². The number of hydrogen-bond acceptors (Lipinski definition) is 3. The van der Waals surface area contributed by atoms with Gasteiger partial charge in [0.25, 0.3) is 0 Å². The van der Waals surface area contributed by atoms with E-state index in [0.717, 1.165) is 10.6 Å². The molecule has 0 aliphatic heterocycles. The van der Waals surface area contributed by atoms with Crippen molar-refractivity contribution in [3.05, 3.63) is 51.7 Å². The van der Waals surface area contributed by atoms with Crippen LogP contribution in [0.3, 0.4) is 0 Å². The Bertz CT molecular complexity index is 439. The number of rotatable bonds is 5. The summed E-state index contributed by atoms with van der Waals surface area (Å²) in [6.07, 6.45) is 0.148. The van der Waals surface area contributed by atoms with Gasteiger partial charge < -0.3 is 9.84 Å². The number of halogens is 1. The average molecular weight is 269 g/mol. The van der Waals surface area contributed by atoms with Gasteiger partial charge in [0.2, 0.25) is 0 Å². The van der Waals surface area contributed by atoms with Gasteiger partial charge in [-0.1, -0.05) is 17.7 Å². The van der Waals surface area contributed by atoms with Crippen molar-refractivity contribution < 1.29 is 9.84 Å². The first-order valence-electron chi connectivity index (χ1n) is 5.33. The fourth-order valence-electron chi connectivity index (χ4n) is 1.44. The van der Waals surface area contributed by atoms with E-state index in [0.29, 0.717) is 18.1 Å². The summed E-state index contributed by atoms with van der Waals surface area (Å²) in [5.74, 6) is 0.722. The van der Waals surface area contributed by atoms with Crippen molar-refractivity contribution in [1.29, 1.82) is 0 Å². The number of aliphatic hydroxyl groups is 1. The topological polar surface area (TPSA) is 29.5 Å². The van der Waals surface area contributed by atoms with E-state index in [-0.39, 0.29) is 0 Å². The van der Waals surface area contributed by atoms with Crippen LogP contribution in [0, 0.1) is 0 Å². The molecule has 1 N–H and O–H groups in total. The molecule has 0 aliphatic rings. The van der Waals surface area contributed by atoms with Crippen molar-refractivity contribution >= 4 is 22.9 Å². The molecule has 0 saturated carbocycles. The third-order valence-electron chi connectivity index (χ3n) is 2.27. The third-order valence-corrected chi connectivity index (χ3v) is 3.42. The quantitative estimate of drug-likeness (QED) is 0.901. The summed E-state index contributed by atoms with van der Waals surface area (Å²) in [5, 5.41) is 12.5. The molecule has 2 rings (SSSR count). The van der Waals surface area contributed by atoms with Gasteiger partial charge in [-0.25, -0.2) is 0 Å². The highest BCUT2D eigenvalue weighted by molar-refractivity contribution is 7.09. The molecule has 0 bridgehead atoms. The molecule has 2 aromatic rings.